The molecule has 0 saturated heterocycles. The number of hydrogen-bond donors (Lipinski definition) is 0. The maximum atomic E-state index is 10.7. The van der Waals surface area contributed by atoms with E-state index in [0.717, 1.165) is 11.1 Å². The Morgan fingerprint density at radius 1 is 1.50 bits per heavy atom. The molecule has 0 amide bonds. The molecule has 1 fully saturated rings. The molecule has 2 nitrogen and oxygen atoms in total. The molecule has 0 N–H and O–H groups in total. The van der Waals surface area contributed by atoms with Crippen molar-refractivity contribution in [3.63, 3.8) is 0 Å². The Balaban J connectivity index is 2.37. The zero-order valence-electron chi connectivity index (χ0n) is 8.16. The van der Waals surface area contributed by atoms with Crippen molar-refractivity contribution in [2.45, 2.75) is 31.4 Å². The van der Waals surface area contributed by atoms with Gasteiger partial charge in [0.15, 0.2) is 0 Å². The topological polar surface area (TPSA) is 40.1 Å². The first-order chi connectivity index (χ1) is 6.68. The highest BCUT2D eigenvalue weighted by atomic mass is 32.2. The highest BCUT2D eigenvalue weighted by Gasteiger charge is 2.26. The monoisotopic (exact) mass is 209 g/mol. The second-order valence-corrected chi connectivity index (χ2v) is 4.76. The molecule has 1 aliphatic carbocycles. The smallest absolute Gasteiger partial charge is 0.0358 e. The first-order valence-electron chi connectivity index (χ1n) is 4.82. The SMILES string of the molecule is Cc1cccc(C2CC2)c1CS(=O)[O-]. The maximum absolute atomic E-state index is 10.7. The van der Waals surface area contributed by atoms with Crippen molar-refractivity contribution in [3.8, 4) is 0 Å². The summed E-state index contributed by atoms with van der Waals surface area (Å²) in [5, 5.41) is 0. The minimum atomic E-state index is -1.98. The predicted octanol–water partition coefficient (Wildman–Crippen LogP) is 2.25. The van der Waals surface area contributed by atoms with Crippen molar-refractivity contribution >= 4 is 11.1 Å². The molecule has 1 aliphatic rings. The normalized spacial score (nSPS) is 18.1. The molecule has 1 aromatic carbocycles. The first-order valence-corrected chi connectivity index (χ1v) is 6.07. The minimum Gasteiger partial charge on any atom is -0.772 e. The number of aryl methyl sites for hydroxylation is 1. The molecule has 1 saturated carbocycles. The molecule has 0 heterocycles. The lowest BCUT2D eigenvalue weighted by Gasteiger charge is -2.13. The summed E-state index contributed by atoms with van der Waals surface area (Å²) in [4.78, 5) is 0. The molecule has 0 aromatic heterocycles. The Morgan fingerprint density at radius 3 is 2.79 bits per heavy atom. The van der Waals surface area contributed by atoms with Crippen LogP contribution in [0, 0.1) is 6.92 Å². The Bertz CT molecular complexity index is 370. The van der Waals surface area contributed by atoms with Crippen LogP contribution in [0.4, 0.5) is 0 Å². The number of benzene rings is 1. The van der Waals surface area contributed by atoms with Crippen LogP contribution in [0.5, 0.6) is 0 Å². The zero-order chi connectivity index (χ0) is 10.1. The summed E-state index contributed by atoms with van der Waals surface area (Å²) in [6.45, 7) is 1.98. The Hall–Kier alpha value is -0.670. The van der Waals surface area contributed by atoms with Crippen LogP contribution in [0.3, 0.4) is 0 Å². The molecule has 14 heavy (non-hydrogen) atoms. The quantitative estimate of drug-likeness (QED) is 0.716. The Kier molecular flexibility index (Phi) is 2.70. The maximum Gasteiger partial charge on any atom is 0.0358 e. The van der Waals surface area contributed by atoms with Gasteiger partial charge in [0.2, 0.25) is 0 Å². The fraction of sp³-hybridized carbons (Fsp3) is 0.455. The van der Waals surface area contributed by atoms with Gasteiger partial charge in [-0.25, -0.2) is 0 Å². The van der Waals surface area contributed by atoms with Gasteiger partial charge in [0.05, 0.1) is 0 Å². The third-order valence-electron chi connectivity index (χ3n) is 2.73. The van der Waals surface area contributed by atoms with Crippen molar-refractivity contribution in [1.82, 2.24) is 0 Å². The fourth-order valence-electron chi connectivity index (χ4n) is 1.82. The molecule has 3 heteroatoms. The van der Waals surface area contributed by atoms with Gasteiger partial charge in [0, 0.05) is 5.75 Å². The van der Waals surface area contributed by atoms with Crippen molar-refractivity contribution in [3.05, 3.63) is 34.9 Å². The van der Waals surface area contributed by atoms with Gasteiger partial charge in [-0.05, 0) is 42.4 Å². The first kappa shape index (κ1) is 9.87. The summed E-state index contributed by atoms with van der Waals surface area (Å²) < 4.78 is 21.4. The van der Waals surface area contributed by atoms with Gasteiger partial charge in [-0.2, -0.15) is 0 Å². The van der Waals surface area contributed by atoms with Gasteiger partial charge in [0.25, 0.3) is 0 Å². The van der Waals surface area contributed by atoms with Crippen LogP contribution in [0.15, 0.2) is 18.2 Å². The second-order valence-electron chi connectivity index (χ2n) is 3.87. The van der Waals surface area contributed by atoms with E-state index in [1.54, 1.807) is 0 Å². The van der Waals surface area contributed by atoms with Gasteiger partial charge in [-0.1, -0.05) is 29.3 Å². The van der Waals surface area contributed by atoms with E-state index < -0.39 is 11.1 Å². The molecule has 1 atom stereocenters. The van der Waals surface area contributed by atoms with Crippen LogP contribution in [0.1, 0.15) is 35.4 Å². The second kappa shape index (κ2) is 3.83. The third-order valence-corrected chi connectivity index (χ3v) is 3.25. The van der Waals surface area contributed by atoms with Crippen molar-refractivity contribution in [2.75, 3.05) is 0 Å². The molecule has 0 spiro atoms. The Labute approximate surface area is 86.6 Å². The fourth-order valence-corrected chi connectivity index (χ4v) is 2.45. The van der Waals surface area contributed by atoms with Crippen LogP contribution in [-0.4, -0.2) is 8.76 Å². The average molecular weight is 209 g/mol. The summed E-state index contributed by atoms with van der Waals surface area (Å²) in [5.74, 6) is 0.784. The molecule has 0 aliphatic heterocycles. The molecule has 0 bridgehead atoms. The van der Waals surface area contributed by atoms with E-state index in [1.807, 2.05) is 19.1 Å². The summed E-state index contributed by atoms with van der Waals surface area (Å²) in [6, 6.07) is 6.06. The highest BCUT2D eigenvalue weighted by Crippen LogP contribution is 2.42. The highest BCUT2D eigenvalue weighted by molar-refractivity contribution is 7.78. The van der Waals surface area contributed by atoms with E-state index in [-0.39, 0.29) is 5.75 Å². The van der Waals surface area contributed by atoms with Crippen LogP contribution in [0.25, 0.3) is 0 Å². The van der Waals surface area contributed by atoms with Gasteiger partial charge in [-0.3, -0.25) is 4.21 Å². The lowest BCUT2D eigenvalue weighted by molar-refractivity contribution is 0.536. The van der Waals surface area contributed by atoms with E-state index in [4.69, 9.17) is 0 Å². The molecule has 76 valence electrons. The molecule has 1 unspecified atom stereocenters. The molecular weight excluding hydrogens is 196 g/mol. The van der Waals surface area contributed by atoms with Gasteiger partial charge >= 0.3 is 0 Å². The minimum absolute atomic E-state index is 0.165. The third kappa shape index (κ3) is 2.04. The van der Waals surface area contributed by atoms with Gasteiger partial charge < -0.3 is 4.55 Å². The summed E-state index contributed by atoms with van der Waals surface area (Å²) in [6.07, 6.45) is 2.42. The van der Waals surface area contributed by atoms with E-state index in [9.17, 15) is 8.76 Å². The standard InChI is InChI=1S/C11H14O2S/c1-8-3-2-4-10(9-5-6-9)11(8)7-14(12)13/h2-4,9H,5-7H2,1H3,(H,12,13)/p-1. The average Bonchev–Trinajstić information content (AvgIpc) is 2.90. The van der Waals surface area contributed by atoms with Crippen LogP contribution in [0.2, 0.25) is 0 Å². The van der Waals surface area contributed by atoms with Crippen molar-refractivity contribution in [1.29, 1.82) is 0 Å². The Morgan fingerprint density at radius 2 is 2.21 bits per heavy atom. The zero-order valence-corrected chi connectivity index (χ0v) is 8.97. The molecule has 1 aromatic rings. The van der Waals surface area contributed by atoms with E-state index in [0.29, 0.717) is 5.92 Å². The van der Waals surface area contributed by atoms with Gasteiger partial charge in [0.1, 0.15) is 0 Å². The predicted molar refractivity (Wildman–Crippen MR) is 55.8 cm³/mol. The lowest BCUT2D eigenvalue weighted by atomic mass is 10.00. The molecular formula is C11H13O2S-. The largest absolute Gasteiger partial charge is 0.772 e. The van der Waals surface area contributed by atoms with Gasteiger partial charge in [-0.15, -0.1) is 0 Å². The summed E-state index contributed by atoms with van der Waals surface area (Å²) in [5.41, 5.74) is 3.36. The van der Waals surface area contributed by atoms with Crippen molar-refractivity contribution < 1.29 is 8.76 Å². The lowest BCUT2D eigenvalue weighted by Crippen LogP contribution is -2.00. The van der Waals surface area contributed by atoms with Crippen LogP contribution >= 0.6 is 0 Å². The van der Waals surface area contributed by atoms with Crippen LogP contribution in [-0.2, 0) is 16.8 Å². The summed E-state index contributed by atoms with van der Waals surface area (Å²) in [7, 11) is 0. The van der Waals surface area contributed by atoms with Crippen LogP contribution < -0.4 is 0 Å². The summed E-state index contributed by atoms with van der Waals surface area (Å²) >= 11 is -1.98. The van der Waals surface area contributed by atoms with E-state index in [1.165, 1.54) is 18.4 Å². The number of hydrogen-bond acceptors (Lipinski definition) is 2. The van der Waals surface area contributed by atoms with E-state index >= 15 is 0 Å². The molecule has 2 rings (SSSR count). The van der Waals surface area contributed by atoms with Crippen molar-refractivity contribution in [2.24, 2.45) is 0 Å². The van der Waals surface area contributed by atoms with E-state index in [2.05, 4.69) is 6.07 Å². The number of rotatable bonds is 3. The molecule has 0 radical (unpaired) electrons.